The number of hydrogen-bond acceptors (Lipinski definition) is 2. The van der Waals surface area contributed by atoms with Crippen molar-refractivity contribution in [3.63, 3.8) is 0 Å². The zero-order valence-corrected chi connectivity index (χ0v) is 11.4. The van der Waals surface area contributed by atoms with E-state index in [1.807, 2.05) is 6.07 Å². The number of ether oxygens (including phenoxy) is 1. The third-order valence-corrected chi connectivity index (χ3v) is 4.65. The SMILES string of the molecule is COc1c(Br)ccc2scc(I)c12. The zero-order valence-electron chi connectivity index (χ0n) is 6.80. The summed E-state index contributed by atoms with van der Waals surface area (Å²) in [6.45, 7) is 0. The Kier molecular flexibility index (Phi) is 2.80. The first-order chi connectivity index (χ1) is 6.24. The molecule has 0 N–H and O–H groups in total. The summed E-state index contributed by atoms with van der Waals surface area (Å²) in [5, 5.41) is 3.35. The van der Waals surface area contributed by atoms with E-state index < -0.39 is 0 Å². The maximum atomic E-state index is 5.35. The van der Waals surface area contributed by atoms with Crippen LogP contribution in [0.2, 0.25) is 0 Å². The van der Waals surface area contributed by atoms with Gasteiger partial charge in [-0.3, -0.25) is 0 Å². The van der Waals surface area contributed by atoms with E-state index in [1.54, 1.807) is 18.4 Å². The second-order valence-corrected chi connectivity index (χ2v) is 5.47. The maximum absolute atomic E-state index is 5.35. The number of rotatable bonds is 1. The number of thiophene rings is 1. The summed E-state index contributed by atoms with van der Waals surface area (Å²) in [5.41, 5.74) is 0. The summed E-state index contributed by atoms with van der Waals surface area (Å²) < 4.78 is 8.88. The van der Waals surface area contributed by atoms with E-state index in [9.17, 15) is 0 Å². The molecule has 0 aliphatic heterocycles. The molecular formula is C9H6BrIOS. The van der Waals surface area contributed by atoms with Crippen LogP contribution in [0.15, 0.2) is 22.0 Å². The molecule has 13 heavy (non-hydrogen) atoms. The monoisotopic (exact) mass is 368 g/mol. The second-order valence-electron chi connectivity index (χ2n) is 2.54. The van der Waals surface area contributed by atoms with Crippen LogP contribution >= 0.6 is 49.9 Å². The van der Waals surface area contributed by atoms with E-state index in [0.717, 1.165) is 10.2 Å². The Morgan fingerprint density at radius 3 is 2.92 bits per heavy atom. The van der Waals surface area contributed by atoms with Crippen LogP contribution in [-0.4, -0.2) is 7.11 Å². The summed E-state index contributed by atoms with van der Waals surface area (Å²) in [6, 6.07) is 4.13. The number of halogens is 2. The van der Waals surface area contributed by atoms with Crippen molar-refractivity contribution in [2.75, 3.05) is 7.11 Å². The lowest BCUT2D eigenvalue weighted by Gasteiger charge is -2.04. The fourth-order valence-corrected chi connectivity index (χ4v) is 3.64. The molecule has 68 valence electrons. The molecule has 0 atom stereocenters. The molecule has 0 amide bonds. The summed E-state index contributed by atoms with van der Waals surface area (Å²) in [7, 11) is 1.70. The molecule has 1 heterocycles. The van der Waals surface area contributed by atoms with Gasteiger partial charge in [0.1, 0.15) is 5.75 Å². The number of hydrogen-bond donors (Lipinski definition) is 0. The van der Waals surface area contributed by atoms with Crippen molar-refractivity contribution in [2.24, 2.45) is 0 Å². The van der Waals surface area contributed by atoms with Crippen molar-refractivity contribution in [1.29, 1.82) is 0 Å². The van der Waals surface area contributed by atoms with Crippen LogP contribution in [0, 0.1) is 3.57 Å². The Morgan fingerprint density at radius 1 is 1.46 bits per heavy atom. The molecule has 2 aromatic rings. The topological polar surface area (TPSA) is 9.23 Å². The quantitative estimate of drug-likeness (QED) is 0.683. The van der Waals surface area contributed by atoms with Crippen molar-refractivity contribution in [3.8, 4) is 5.75 Å². The van der Waals surface area contributed by atoms with Gasteiger partial charge in [0.25, 0.3) is 0 Å². The molecule has 0 saturated carbocycles. The predicted molar refractivity (Wildman–Crippen MR) is 68.8 cm³/mol. The molecule has 1 aromatic carbocycles. The van der Waals surface area contributed by atoms with Gasteiger partial charge < -0.3 is 4.74 Å². The Labute approximate surface area is 102 Å². The highest BCUT2D eigenvalue weighted by Gasteiger charge is 2.10. The molecule has 0 radical (unpaired) electrons. The van der Waals surface area contributed by atoms with Gasteiger partial charge in [-0.25, -0.2) is 0 Å². The van der Waals surface area contributed by atoms with Crippen LogP contribution in [0.4, 0.5) is 0 Å². The first kappa shape index (κ1) is 9.73. The smallest absolute Gasteiger partial charge is 0.142 e. The highest BCUT2D eigenvalue weighted by Crippen LogP contribution is 2.39. The second kappa shape index (κ2) is 3.74. The fraction of sp³-hybridized carbons (Fsp3) is 0.111. The Bertz CT molecular complexity index is 452. The fourth-order valence-electron chi connectivity index (χ4n) is 1.24. The number of methoxy groups -OCH3 is 1. The number of fused-ring (bicyclic) bond motifs is 1. The minimum atomic E-state index is 0.933. The van der Waals surface area contributed by atoms with Gasteiger partial charge in [-0.1, -0.05) is 0 Å². The van der Waals surface area contributed by atoms with Gasteiger partial charge in [0.2, 0.25) is 0 Å². The molecule has 2 rings (SSSR count). The molecule has 1 nitrogen and oxygen atoms in total. The molecule has 0 aliphatic rings. The number of benzene rings is 1. The van der Waals surface area contributed by atoms with Crippen molar-refractivity contribution < 1.29 is 4.74 Å². The molecule has 1 aromatic heterocycles. The van der Waals surface area contributed by atoms with Gasteiger partial charge in [-0.15, -0.1) is 11.3 Å². The van der Waals surface area contributed by atoms with Crippen molar-refractivity contribution in [1.82, 2.24) is 0 Å². The average Bonchev–Trinajstić information content (AvgIpc) is 2.49. The van der Waals surface area contributed by atoms with E-state index in [2.05, 4.69) is 50.0 Å². The van der Waals surface area contributed by atoms with E-state index >= 15 is 0 Å². The highest BCUT2D eigenvalue weighted by molar-refractivity contribution is 14.1. The molecule has 0 aliphatic carbocycles. The van der Waals surface area contributed by atoms with Crippen LogP contribution in [0.1, 0.15) is 0 Å². The van der Waals surface area contributed by atoms with Gasteiger partial charge >= 0.3 is 0 Å². The molecule has 0 spiro atoms. The van der Waals surface area contributed by atoms with Crippen LogP contribution in [0.3, 0.4) is 0 Å². The minimum Gasteiger partial charge on any atom is -0.495 e. The molecule has 4 heteroatoms. The molecule has 0 saturated heterocycles. The van der Waals surface area contributed by atoms with Gasteiger partial charge in [-0.05, 0) is 50.7 Å². The van der Waals surface area contributed by atoms with Crippen LogP contribution < -0.4 is 4.74 Å². The van der Waals surface area contributed by atoms with Crippen LogP contribution in [0.5, 0.6) is 5.75 Å². The van der Waals surface area contributed by atoms with Crippen molar-refractivity contribution in [3.05, 3.63) is 25.6 Å². The lowest BCUT2D eigenvalue weighted by atomic mass is 10.2. The summed E-state index contributed by atoms with van der Waals surface area (Å²) in [5.74, 6) is 0.933. The van der Waals surface area contributed by atoms with E-state index in [4.69, 9.17) is 4.74 Å². The average molecular weight is 369 g/mol. The zero-order chi connectivity index (χ0) is 9.42. The predicted octanol–water partition coefficient (Wildman–Crippen LogP) is 4.28. The highest BCUT2D eigenvalue weighted by atomic mass is 127. The standard InChI is InChI=1S/C9H6BrIOS/c1-12-9-5(10)2-3-7-8(9)6(11)4-13-7/h2-4H,1H3. The molecule has 0 unspecified atom stereocenters. The lowest BCUT2D eigenvalue weighted by Crippen LogP contribution is -1.85. The Hall–Kier alpha value is 0.190. The Balaban J connectivity index is 2.88. The summed E-state index contributed by atoms with van der Waals surface area (Å²) >= 11 is 7.55. The minimum absolute atomic E-state index is 0.933. The third kappa shape index (κ3) is 1.59. The summed E-state index contributed by atoms with van der Waals surface area (Å²) in [4.78, 5) is 0. The van der Waals surface area contributed by atoms with Gasteiger partial charge in [-0.2, -0.15) is 0 Å². The third-order valence-electron chi connectivity index (χ3n) is 1.80. The van der Waals surface area contributed by atoms with E-state index in [0.29, 0.717) is 0 Å². The van der Waals surface area contributed by atoms with Crippen molar-refractivity contribution in [2.45, 2.75) is 0 Å². The molecule has 0 bridgehead atoms. The van der Waals surface area contributed by atoms with Gasteiger partial charge in [0.15, 0.2) is 0 Å². The molecular weight excluding hydrogens is 363 g/mol. The summed E-state index contributed by atoms with van der Waals surface area (Å²) in [6.07, 6.45) is 0. The largest absolute Gasteiger partial charge is 0.495 e. The normalized spacial score (nSPS) is 10.7. The van der Waals surface area contributed by atoms with Crippen molar-refractivity contribution >= 4 is 59.9 Å². The first-order valence-electron chi connectivity index (χ1n) is 3.63. The maximum Gasteiger partial charge on any atom is 0.142 e. The van der Waals surface area contributed by atoms with Crippen LogP contribution in [-0.2, 0) is 0 Å². The van der Waals surface area contributed by atoms with Gasteiger partial charge in [0.05, 0.1) is 11.6 Å². The molecule has 0 fully saturated rings. The lowest BCUT2D eigenvalue weighted by molar-refractivity contribution is 0.417. The van der Waals surface area contributed by atoms with E-state index in [1.165, 1.54) is 13.7 Å². The van der Waals surface area contributed by atoms with Gasteiger partial charge in [0, 0.05) is 19.0 Å². The Morgan fingerprint density at radius 2 is 2.23 bits per heavy atom. The first-order valence-corrected chi connectivity index (χ1v) is 6.38. The van der Waals surface area contributed by atoms with Crippen LogP contribution in [0.25, 0.3) is 10.1 Å². The van der Waals surface area contributed by atoms with E-state index in [-0.39, 0.29) is 0 Å².